The quantitative estimate of drug-likeness (QED) is 0.457. The van der Waals surface area contributed by atoms with Crippen LogP contribution in [0.1, 0.15) is 40.5 Å². The van der Waals surface area contributed by atoms with Gasteiger partial charge in [-0.2, -0.15) is 0 Å². The molecular formula is C9H20O5. The van der Waals surface area contributed by atoms with E-state index in [4.69, 9.17) is 10.5 Å². The number of hydrogen-bond donors (Lipinski definition) is 3. The first-order chi connectivity index (χ1) is 6.22. The summed E-state index contributed by atoms with van der Waals surface area (Å²) < 4.78 is 0. The topological polar surface area (TPSA) is 79.2 Å². The fourth-order valence-corrected chi connectivity index (χ4v) is 1.28. The van der Waals surface area contributed by atoms with Gasteiger partial charge in [-0.05, 0) is 27.7 Å². The Morgan fingerprint density at radius 3 is 1.43 bits per heavy atom. The van der Waals surface area contributed by atoms with Crippen molar-refractivity contribution in [2.24, 2.45) is 0 Å². The SMILES string of the molecule is CC(C)(CC(O)CC(C)(C)OO)OO. The Morgan fingerprint density at radius 2 is 1.21 bits per heavy atom. The van der Waals surface area contributed by atoms with Gasteiger partial charge >= 0.3 is 0 Å². The van der Waals surface area contributed by atoms with Gasteiger partial charge in [0.05, 0.1) is 6.10 Å². The molecule has 86 valence electrons. The normalized spacial score (nSPS) is 13.7. The summed E-state index contributed by atoms with van der Waals surface area (Å²) in [4.78, 5) is 8.39. The molecule has 0 fully saturated rings. The van der Waals surface area contributed by atoms with Crippen LogP contribution >= 0.6 is 0 Å². The zero-order valence-corrected chi connectivity index (χ0v) is 9.15. The van der Waals surface area contributed by atoms with E-state index in [-0.39, 0.29) is 12.8 Å². The van der Waals surface area contributed by atoms with Crippen LogP contribution in [0, 0.1) is 0 Å². The van der Waals surface area contributed by atoms with Gasteiger partial charge in [0.2, 0.25) is 0 Å². The van der Waals surface area contributed by atoms with E-state index in [1.54, 1.807) is 27.7 Å². The van der Waals surface area contributed by atoms with Crippen molar-refractivity contribution in [1.29, 1.82) is 0 Å². The number of aliphatic hydroxyl groups excluding tert-OH is 1. The smallest absolute Gasteiger partial charge is 0.100 e. The average molecular weight is 208 g/mol. The third-order valence-electron chi connectivity index (χ3n) is 1.95. The van der Waals surface area contributed by atoms with E-state index in [0.29, 0.717) is 0 Å². The molecule has 0 atom stereocenters. The lowest BCUT2D eigenvalue weighted by Crippen LogP contribution is -2.34. The second kappa shape index (κ2) is 5.04. The summed E-state index contributed by atoms with van der Waals surface area (Å²) >= 11 is 0. The largest absolute Gasteiger partial charge is 0.393 e. The third-order valence-corrected chi connectivity index (χ3v) is 1.95. The summed E-state index contributed by atoms with van der Waals surface area (Å²) in [5.41, 5.74) is -1.60. The molecule has 0 amide bonds. The molecule has 14 heavy (non-hydrogen) atoms. The molecule has 3 N–H and O–H groups in total. The molecule has 0 bridgehead atoms. The predicted molar refractivity (Wildman–Crippen MR) is 50.8 cm³/mol. The van der Waals surface area contributed by atoms with E-state index < -0.39 is 17.3 Å². The maximum absolute atomic E-state index is 9.60. The molecule has 5 nitrogen and oxygen atoms in total. The van der Waals surface area contributed by atoms with Crippen LogP contribution in [0.2, 0.25) is 0 Å². The first kappa shape index (κ1) is 13.8. The van der Waals surface area contributed by atoms with Crippen molar-refractivity contribution in [3.05, 3.63) is 0 Å². The molecule has 0 aliphatic heterocycles. The van der Waals surface area contributed by atoms with Crippen LogP contribution in [-0.4, -0.2) is 32.9 Å². The van der Waals surface area contributed by atoms with Gasteiger partial charge in [-0.3, -0.25) is 10.5 Å². The second-order valence-corrected chi connectivity index (χ2v) is 4.76. The van der Waals surface area contributed by atoms with Crippen molar-refractivity contribution >= 4 is 0 Å². The van der Waals surface area contributed by atoms with Gasteiger partial charge in [-0.25, -0.2) is 9.78 Å². The van der Waals surface area contributed by atoms with Crippen molar-refractivity contribution in [2.45, 2.75) is 57.8 Å². The summed E-state index contributed by atoms with van der Waals surface area (Å²) in [5, 5.41) is 26.6. The molecule has 0 spiro atoms. The number of hydrogen-bond acceptors (Lipinski definition) is 5. The van der Waals surface area contributed by atoms with Crippen molar-refractivity contribution < 1.29 is 25.4 Å². The molecule has 0 aliphatic carbocycles. The maximum atomic E-state index is 9.60. The molecule has 0 saturated heterocycles. The Bertz CT molecular complexity index is 149. The highest BCUT2D eigenvalue weighted by molar-refractivity contribution is 4.78. The highest BCUT2D eigenvalue weighted by atomic mass is 17.1. The minimum atomic E-state index is -0.801. The van der Waals surface area contributed by atoms with Crippen molar-refractivity contribution in [2.75, 3.05) is 0 Å². The lowest BCUT2D eigenvalue weighted by Gasteiger charge is -2.28. The minimum Gasteiger partial charge on any atom is -0.393 e. The highest BCUT2D eigenvalue weighted by Crippen LogP contribution is 2.22. The Balaban J connectivity index is 4.04. The Morgan fingerprint density at radius 1 is 0.929 bits per heavy atom. The van der Waals surface area contributed by atoms with Crippen LogP contribution in [0.25, 0.3) is 0 Å². The van der Waals surface area contributed by atoms with Crippen LogP contribution in [0.3, 0.4) is 0 Å². The number of aliphatic hydroxyl groups is 1. The van der Waals surface area contributed by atoms with Crippen LogP contribution < -0.4 is 0 Å². The molecule has 0 aliphatic rings. The van der Waals surface area contributed by atoms with Gasteiger partial charge in [-0.15, -0.1) is 0 Å². The molecule has 5 heteroatoms. The summed E-state index contributed by atoms with van der Waals surface area (Å²) in [6.07, 6.45) is -0.189. The summed E-state index contributed by atoms with van der Waals surface area (Å²) in [6.45, 7) is 6.62. The molecule has 0 aromatic heterocycles. The Hall–Kier alpha value is -0.200. The average Bonchev–Trinajstić information content (AvgIpc) is 2.02. The van der Waals surface area contributed by atoms with Crippen molar-refractivity contribution in [1.82, 2.24) is 0 Å². The van der Waals surface area contributed by atoms with Gasteiger partial charge in [0.25, 0.3) is 0 Å². The van der Waals surface area contributed by atoms with Crippen LogP contribution in [0.4, 0.5) is 0 Å². The van der Waals surface area contributed by atoms with Crippen molar-refractivity contribution in [3.8, 4) is 0 Å². The molecule has 0 unspecified atom stereocenters. The molecular weight excluding hydrogens is 188 g/mol. The van der Waals surface area contributed by atoms with Gasteiger partial charge in [0.1, 0.15) is 11.2 Å². The molecule has 0 heterocycles. The van der Waals surface area contributed by atoms with Gasteiger partial charge in [0.15, 0.2) is 0 Å². The number of rotatable bonds is 6. The zero-order chi connectivity index (χ0) is 11.4. The summed E-state index contributed by atoms with van der Waals surface area (Å²) in [5.74, 6) is 0. The molecule has 0 aromatic rings. The van der Waals surface area contributed by atoms with Crippen LogP contribution in [0.15, 0.2) is 0 Å². The monoisotopic (exact) mass is 208 g/mol. The molecule has 0 aromatic carbocycles. The van der Waals surface area contributed by atoms with Gasteiger partial charge in [0, 0.05) is 12.8 Å². The lowest BCUT2D eigenvalue weighted by atomic mass is 9.93. The standard InChI is InChI=1S/C9H20O5/c1-8(2,13-11)5-7(10)6-9(3,4)14-12/h7,10-12H,5-6H2,1-4H3. The fourth-order valence-electron chi connectivity index (χ4n) is 1.28. The van der Waals surface area contributed by atoms with Gasteiger partial charge < -0.3 is 5.11 Å². The highest BCUT2D eigenvalue weighted by Gasteiger charge is 2.29. The lowest BCUT2D eigenvalue weighted by molar-refractivity contribution is -0.328. The Kier molecular flexibility index (Phi) is 4.97. The zero-order valence-electron chi connectivity index (χ0n) is 9.15. The molecule has 0 rings (SSSR count). The summed E-state index contributed by atoms with van der Waals surface area (Å²) in [6, 6.07) is 0. The minimum absolute atomic E-state index is 0.260. The van der Waals surface area contributed by atoms with E-state index in [1.807, 2.05) is 0 Å². The van der Waals surface area contributed by atoms with E-state index >= 15 is 0 Å². The van der Waals surface area contributed by atoms with Crippen molar-refractivity contribution in [3.63, 3.8) is 0 Å². The summed E-state index contributed by atoms with van der Waals surface area (Å²) in [7, 11) is 0. The van der Waals surface area contributed by atoms with E-state index in [0.717, 1.165) is 0 Å². The molecule has 0 saturated carbocycles. The Labute approximate surface area is 84.1 Å². The maximum Gasteiger partial charge on any atom is 0.100 e. The van der Waals surface area contributed by atoms with Crippen LogP contribution in [-0.2, 0) is 9.78 Å². The third kappa shape index (κ3) is 5.51. The van der Waals surface area contributed by atoms with E-state index in [2.05, 4.69) is 9.78 Å². The van der Waals surface area contributed by atoms with Gasteiger partial charge in [-0.1, -0.05) is 0 Å². The van der Waals surface area contributed by atoms with E-state index in [1.165, 1.54) is 0 Å². The van der Waals surface area contributed by atoms with Crippen LogP contribution in [0.5, 0.6) is 0 Å². The van der Waals surface area contributed by atoms with E-state index in [9.17, 15) is 5.11 Å². The first-order valence-corrected chi connectivity index (χ1v) is 4.56. The first-order valence-electron chi connectivity index (χ1n) is 4.56. The molecule has 0 radical (unpaired) electrons. The predicted octanol–water partition coefficient (Wildman–Crippen LogP) is 1.66. The fraction of sp³-hybridized carbons (Fsp3) is 1.00. The second-order valence-electron chi connectivity index (χ2n) is 4.76.